The van der Waals surface area contributed by atoms with Crippen LogP contribution in [0.2, 0.25) is 0 Å². The van der Waals surface area contributed by atoms with Gasteiger partial charge < -0.3 is 4.57 Å². The highest BCUT2D eigenvalue weighted by atomic mass is 32.2. The largest absolute Gasteiger partial charge is 0.309 e. The molecule has 0 amide bonds. The highest BCUT2D eigenvalue weighted by Gasteiger charge is 2.20. The van der Waals surface area contributed by atoms with Crippen LogP contribution < -0.4 is 4.72 Å². The molecule has 0 spiro atoms. The highest BCUT2D eigenvalue weighted by molar-refractivity contribution is 8.00. The third kappa shape index (κ3) is 5.21. The van der Waals surface area contributed by atoms with Crippen LogP contribution in [0.5, 0.6) is 0 Å². The molecule has 0 radical (unpaired) electrons. The number of nitrogens with zero attached hydrogens (tertiary/aromatic N) is 3. The van der Waals surface area contributed by atoms with Crippen LogP contribution in [0, 0.1) is 0 Å². The number of nitrogens with one attached hydrogen (secondary N) is 1. The topological polar surface area (TPSA) is 93.9 Å². The average Bonchev–Trinajstić information content (AvgIpc) is 3.26. The van der Waals surface area contributed by atoms with Gasteiger partial charge in [-0.15, -0.1) is 21.5 Å². The molecule has 2 aromatic heterocycles. The molecule has 0 unspecified atom stereocenters. The molecule has 0 fully saturated rings. The Labute approximate surface area is 172 Å². The third-order valence-corrected chi connectivity index (χ3v) is 6.58. The van der Waals surface area contributed by atoms with Gasteiger partial charge in [-0.2, -0.15) is 0 Å². The number of carbonyl (C=O) groups is 1. The molecule has 1 atom stereocenters. The Bertz CT molecular complexity index is 1060. The maximum Gasteiger partial charge on any atom is 0.229 e. The fourth-order valence-electron chi connectivity index (χ4n) is 2.53. The van der Waals surface area contributed by atoms with Gasteiger partial charge in [0, 0.05) is 29.6 Å². The first-order chi connectivity index (χ1) is 13.2. The third-order valence-electron chi connectivity index (χ3n) is 3.96. The molecule has 0 bridgehead atoms. The van der Waals surface area contributed by atoms with E-state index in [4.69, 9.17) is 0 Å². The Morgan fingerprint density at radius 2 is 1.96 bits per heavy atom. The van der Waals surface area contributed by atoms with Crippen LogP contribution in [-0.4, -0.2) is 40.5 Å². The van der Waals surface area contributed by atoms with Crippen molar-refractivity contribution < 1.29 is 13.2 Å². The van der Waals surface area contributed by atoms with Crippen LogP contribution in [0.15, 0.2) is 46.9 Å². The number of benzene rings is 1. The van der Waals surface area contributed by atoms with Gasteiger partial charge in [-0.05, 0) is 42.6 Å². The van der Waals surface area contributed by atoms with E-state index >= 15 is 0 Å². The van der Waals surface area contributed by atoms with Crippen LogP contribution >= 0.6 is 23.1 Å². The zero-order valence-corrected chi connectivity index (χ0v) is 18.1. The lowest BCUT2D eigenvalue weighted by Gasteiger charge is -2.11. The number of hydrogen-bond donors (Lipinski definition) is 1. The molecule has 0 aliphatic rings. The van der Waals surface area contributed by atoms with Crippen molar-refractivity contribution in [1.29, 1.82) is 0 Å². The molecule has 0 aliphatic carbocycles. The van der Waals surface area contributed by atoms with Gasteiger partial charge in [-0.1, -0.05) is 17.8 Å². The zero-order valence-electron chi connectivity index (χ0n) is 15.6. The lowest BCUT2D eigenvalue weighted by Crippen LogP contribution is -2.15. The molecule has 3 rings (SSSR count). The van der Waals surface area contributed by atoms with Crippen molar-refractivity contribution >= 4 is 44.6 Å². The molecule has 0 saturated carbocycles. The number of thiophene rings is 1. The van der Waals surface area contributed by atoms with E-state index in [2.05, 4.69) is 21.0 Å². The summed E-state index contributed by atoms with van der Waals surface area (Å²) in [6.45, 7) is 1.82. The lowest BCUT2D eigenvalue weighted by atomic mass is 10.1. The molecular weight excluding hydrogens is 416 g/mol. The number of hydrogen-bond acceptors (Lipinski definition) is 7. The molecule has 0 saturated heterocycles. The highest BCUT2D eigenvalue weighted by Crippen LogP contribution is 2.26. The molecule has 0 aliphatic heterocycles. The van der Waals surface area contributed by atoms with Crippen molar-refractivity contribution in [3.63, 3.8) is 0 Å². The first kappa shape index (κ1) is 20.6. The lowest BCUT2D eigenvalue weighted by molar-refractivity contribution is 0.0994. The molecule has 2 heterocycles. The number of Topliss-reactive ketones (excluding diaryl/α,β-unsaturated/α-hetero) is 1. The normalized spacial score (nSPS) is 12.7. The zero-order chi connectivity index (χ0) is 20.3. The number of sulfonamides is 1. The van der Waals surface area contributed by atoms with Gasteiger partial charge in [-0.3, -0.25) is 9.52 Å². The minimum atomic E-state index is -3.34. The Balaban J connectivity index is 1.66. The van der Waals surface area contributed by atoms with Gasteiger partial charge in [0.1, 0.15) is 5.82 Å². The van der Waals surface area contributed by atoms with E-state index in [1.165, 1.54) is 16.6 Å². The number of aromatic nitrogens is 3. The Morgan fingerprint density at radius 1 is 1.25 bits per heavy atom. The number of ketones is 1. The van der Waals surface area contributed by atoms with E-state index in [-0.39, 0.29) is 11.0 Å². The number of anilines is 1. The Morgan fingerprint density at radius 3 is 2.57 bits per heavy atom. The minimum Gasteiger partial charge on any atom is -0.309 e. The summed E-state index contributed by atoms with van der Waals surface area (Å²) in [7, 11) is -1.45. The van der Waals surface area contributed by atoms with Crippen LogP contribution in [0.3, 0.4) is 0 Å². The van der Waals surface area contributed by atoms with Crippen molar-refractivity contribution in [2.75, 3.05) is 11.0 Å². The van der Waals surface area contributed by atoms with Gasteiger partial charge in [0.2, 0.25) is 10.0 Å². The molecule has 148 valence electrons. The summed E-state index contributed by atoms with van der Waals surface area (Å²) in [5.41, 5.74) is 0.936. The van der Waals surface area contributed by atoms with E-state index in [1.807, 2.05) is 30.0 Å². The van der Waals surface area contributed by atoms with E-state index in [0.29, 0.717) is 22.8 Å². The van der Waals surface area contributed by atoms with Crippen molar-refractivity contribution in [3.05, 3.63) is 58.0 Å². The predicted octanol–water partition coefficient (Wildman–Crippen LogP) is 3.20. The summed E-state index contributed by atoms with van der Waals surface area (Å²) >= 11 is 3.02. The minimum absolute atomic E-state index is 0.0567. The Hall–Kier alpha value is -2.17. The van der Waals surface area contributed by atoms with Crippen LogP contribution in [-0.2, 0) is 23.5 Å². The van der Waals surface area contributed by atoms with Crippen LogP contribution in [0.4, 0.5) is 5.69 Å². The molecule has 28 heavy (non-hydrogen) atoms. The first-order valence-corrected chi connectivity index (χ1v) is 12.1. The Kier molecular flexibility index (Phi) is 6.21. The maximum absolute atomic E-state index is 12.7. The average molecular weight is 437 g/mol. The van der Waals surface area contributed by atoms with Gasteiger partial charge >= 0.3 is 0 Å². The molecule has 7 nitrogen and oxygen atoms in total. The fourth-order valence-corrected chi connectivity index (χ4v) is 4.71. The van der Waals surface area contributed by atoms with Gasteiger partial charge in [-0.25, -0.2) is 8.42 Å². The molecule has 10 heteroatoms. The second-order valence-electron chi connectivity index (χ2n) is 6.29. The second kappa shape index (κ2) is 8.46. The van der Waals surface area contributed by atoms with Crippen molar-refractivity contribution in [2.45, 2.75) is 23.8 Å². The van der Waals surface area contributed by atoms with Gasteiger partial charge in [0.25, 0.3) is 0 Å². The maximum atomic E-state index is 12.7. The molecular formula is C18H20N4O3S3. The number of thioether (sulfide) groups is 1. The number of rotatable bonds is 8. The van der Waals surface area contributed by atoms with Gasteiger partial charge in [0.05, 0.1) is 11.5 Å². The second-order valence-corrected chi connectivity index (χ2v) is 10.4. The fraction of sp³-hybridized carbons (Fsp3) is 0.278. The standard InChI is InChI=1S/C18H20N4O3S3/c1-12(17(23)13-6-8-14(9-7-13)21-28(3,24)25)27-18-20-19-16(22(18)2)11-15-5-4-10-26-15/h4-10,12,21H,11H2,1-3H3/t12-/m1/s1. The van der Waals surface area contributed by atoms with Gasteiger partial charge in [0.15, 0.2) is 10.9 Å². The summed E-state index contributed by atoms with van der Waals surface area (Å²) in [6.07, 6.45) is 1.79. The van der Waals surface area contributed by atoms with Crippen molar-refractivity contribution in [2.24, 2.45) is 7.05 Å². The van der Waals surface area contributed by atoms with E-state index < -0.39 is 10.0 Å². The van der Waals surface area contributed by atoms with E-state index in [1.54, 1.807) is 35.6 Å². The molecule has 1 aromatic carbocycles. The van der Waals surface area contributed by atoms with Crippen LogP contribution in [0.1, 0.15) is 28.0 Å². The first-order valence-electron chi connectivity index (χ1n) is 8.42. The smallest absolute Gasteiger partial charge is 0.229 e. The van der Waals surface area contributed by atoms with Crippen molar-refractivity contribution in [3.8, 4) is 0 Å². The summed E-state index contributed by atoms with van der Waals surface area (Å²) in [6, 6.07) is 10.4. The van der Waals surface area contributed by atoms with E-state index in [9.17, 15) is 13.2 Å². The summed E-state index contributed by atoms with van der Waals surface area (Å²) in [5.74, 6) is 0.791. The quantitative estimate of drug-likeness (QED) is 0.430. The monoisotopic (exact) mass is 436 g/mol. The summed E-state index contributed by atoms with van der Waals surface area (Å²) in [4.78, 5) is 13.9. The summed E-state index contributed by atoms with van der Waals surface area (Å²) in [5, 5.41) is 10.8. The van der Waals surface area contributed by atoms with Crippen molar-refractivity contribution in [1.82, 2.24) is 14.8 Å². The molecule has 3 aromatic rings. The molecule has 1 N–H and O–H groups in total. The summed E-state index contributed by atoms with van der Waals surface area (Å²) < 4.78 is 26.8. The SMILES string of the molecule is C[C@@H](Sc1nnc(Cc2cccs2)n1C)C(=O)c1ccc(NS(C)(=O)=O)cc1. The van der Waals surface area contributed by atoms with E-state index in [0.717, 1.165) is 12.1 Å². The van der Waals surface area contributed by atoms with Crippen LogP contribution in [0.25, 0.3) is 0 Å². The number of carbonyl (C=O) groups excluding carboxylic acids is 1. The predicted molar refractivity (Wildman–Crippen MR) is 113 cm³/mol.